The largest absolute Gasteiger partial charge is 0.397 e. The first kappa shape index (κ1) is 40.6. The topological polar surface area (TPSA) is 129 Å². The first-order chi connectivity index (χ1) is 27.9. The fourth-order valence-electron chi connectivity index (χ4n) is 8.45. The molecule has 2 amide bonds. The number of nitrogens with one attached hydrogen (secondary N) is 2. The number of para-hydroxylation sites is 2. The molecule has 3 fully saturated rings. The molecule has 10 nitrogen and oxygen atoms in total. The summed E-state index contributed by atoms with van der Waals surface area (Å²) in [6.07, 6.45) is 8.38. The molecule has 4 atom stereocenters. The van der Waals surface area contributed by atoms with Crippen molar-refractivity contribution in [3.63, 3.8) is 0 Å². The zero-order valence-electron chi connectivity index (χ0n) is 33.1. The molecule has 3 heterocycles. The summed E-state index contributed by atoms with van der Waals surface area (Å²) >= 11 is 0. The average Bonchev–Trinajstić information content (AvgIpc) is 3.93. The van der Waals surface area contributed by atoms with Crippen LogP contribution >= 0.6 is 0 Å². The molecular weight excluding hydrogens is 715 g/mol. The molecule has 10 heteroatoms. The maximum atomic E-state index is 12.6. The van der Waals surface area contributed by atoms with Crippen molar-refractivity contribution in [2.75, 3.05) is 43.8 Å². The molecule has 0 radical (unpaired) electrons. The number of likely N-dealkylation sites (tertiary alicyclic amines) is 2. The van der Waals surface area contributed by atoms with Gasteiger partial charge in [-0.15, -0.1) is 0 Å². The number of anilines is 2. The van der Waals surface area contributed by atoms with Gasteiger partial charge in [0.15, 0.2) is 6.29 Å². The summed E-state index contributed by atoms with van der Waals surface area (Å²) in [5.74, 6) is -0.0629. The number of aliphatic hydroxyl groups is 1. The van der Waals surface area contributed by atoms with E-state index in [-0.39, 0.29) is 30.6 Å². The number of nitrogens with two attached hydrogens (primary N) is 1. The predicted octanol–water partition coefficient (Wildman–Crippen LogP) is 7.74. The highest BCUT2D eigenvalue weighted by molar-refractivity contribution is 5.93. The lowest BCUT2D eigenvalue weighted by Crippen LogP contribution is -2.45. The van der Waals surface area contributed by atoms with E-state index in [1.807, 2.05) is 36.4 Å². The summed E-state index contributed by atoms with van der Waals surface area (Å²) < 4.78 is 13.5. The molecule has 0 spiro atoms. The zero-order valence-corrected chi connectivity index (χ0v) is 33.1. The Bertz CT molecular complexity index is 1900. The Kier molecular flexibility index (Phi) is 14.4. The fourth-order valence-corrected chi connectivity index (χ4v) is 8.45. The summed E-state index contributed by atoms with van der Waals surface area (Å²) in [6.45, 7) is 6.09. The lowest BCUT2D eigenvalue weighted by Gasteiger charge is -2.39. The molecule has 302 valence electrons. The molecule has 0 bridgehead atoms. The molecule has 0 aliphatic carbocycles. The second kappa shape index (κ2) is 20.2. The SMILES string of the molecule is Nc1ccccc1NC(=O)CCCCCC(=O)NCc1cccc(-c2ccc(C3OC(CN4CCCC4CN4CCCC4)CC(c4ccc(CO)cc4)O3)cc2)c1. The van der Waals surface area contributed by atoms with Gasteiger partial charge in [0.1, 0.15) is 0 Å². The number of carbonyl (C=O) groups is 2. The monoisotopic (exact) mass is 773 g/mol. The van der Waals surface area contributed by atoms with Gasteiger partial charge in [-0.25, -0.2) is 0 Å². The van der Waals surface area contributed by atoms with Gasteiger partial charge in [-0.3, -0.25) is 14.5 Å². The lowest BCUT2D eigenvalue weighted by atomic mass is 9.98. The molecule has 0 saturated carbocycles. The van der Waals surface area contributed by atoms with Crippen molar-refractivity contribution >= 4 is 23.2 Å². The molecule has 7 rings (SSSR count). The van der Waals surface area contributed by atoms with E-state index < -0.39 is 6.29 Å². The van der Waals surface area contributed by atoms with Crippen LogP contribution in [0.2, 0.25) is 0 Å². The van der Waals surface area contributed by atoms with E-state index in [1.54, 1.807) is 12.1 Å². The number of carbonyl (C=O) groups excluding carboxylic acids is 2. The Hall–Kier alpha value is -4.58. The second-order valence-electron chi connectivity index (χ2n) is 15.9. The molecule has 5 N–H and O–H groups in total. The number of benzene rings is 4. The van der Waals surface area contributed by atoms with E-state index in [2.05, 4.69) is 69.0 Å². The van der Waals surface area contributed by atoms with Crippen LogP contribution in [-0.4, -0.2) is 71.6 Å². The van der Waals surface area contributed by atoms with Gasteiger partial charge >= 0.3 is 0 Å². The van der Waals surface area contributed by atoms with E-state index in [4.69, 9.17) is 15.2 Å². The number of nitrogens with zero attached hydrogens (tertiary/aromatic N) is 2. The van der Waals surface area contributed by atoms with E-state index in [0.717, 1.165) is 72.3 Å². The maximum Gasteiger partial charge on any atom is 0.224 e. The van der Waals surface area contributed by atoms with Crippen molar-refractivity contribution in [1.82, 2.24) is 15.1 Å². The van der Waals surface area contributed by atoms with Crippen molar-refractivity contribution < 1.29 is 24.2 Å². The molecule has 0 aromatic heterocycles. The quantitative estimate of drug-likeness (QED) is 0.0634. The van der Waals surface area contributed by atoms with Crippen LogP contribution in [0.3, 0.4) is 0 Å². The minimum absolute atomic E-state index is 0.00606. The van der Waals surface area contributed by atoms with Crippen LogP contribution in [0.15, 0.2) is 97.1 Å². The van der Waals surface area contributed by atoms with Crippen molar-refractivity contribution in [1.29, 1.82) is 0 Å². The Balaban J connectivity index is 0.914. The fraction of sp³-hybridized carbons (Fsp3) is 0.447. The molecular formula is C47H59N5O5. The molecule has 3 aliphatic rings. The third-order valence-corrected chi connectivity index (χ3v) is 11.7. The Morgan fingerprint density at radius 1 is 0.737 bits per heavy atom. The normalized spacial score (nSPS) is 21.4. The molecule has 4 aromatic carbocycles. The van der Waals surface area contributed by atoms with Gasteiger partial charge in [0, 0.05) is 50.5 Å². The minimum atomic E-state index is -0.493. The standard InChI is InChI=1S/C47H59N5O5/c48-42-13-4-5-14-43(42)50-46(55)16-3-1-2-15-45(54)49-30-35-10-8-11-39(28-35)36-21-23-38(24-22-36)47-56-41(29-44(57-47)37-19-17-34(33-53)18-20-37)32-52-27-9-12-40(52)31-51-25-6-7-26-51/h4-5,8,10-11,13-14,17-24,28,40-41,44,47,53H,1-3,6-7,9,12,15-16,25-27,29-33,48H2,(H,49,54)(H,50,55). The number of nitrogen functional groups attached to an aromatic ring is 1. The van der Waals surface area contributed by atoms with Crippen LogP contribution in [0.4, 0.5) is 11.4 Å². The van der Waals surface area contributed by atoms with Crippen molar-refractivity contribution in [3.05, 3.63) is 119 Å². The smallest absolute Gasteiger partial charge is 0.224 e. The highest BCUT2D eigenvalue weighted by atomic mass is 16.7. The number of hydrogen-bond acceptors (Lipinski definition) is 8. The molecule has 57 heavy (non-hydrogen) atoms. The summed E-state index contributed by atoms with van der Waals surface area (Å²) in [4.78, 5) is 30.2. The summed E-state index contributed by atoms with van der Waals surface area (Å²) in [6, 6.07) is 32.6. The van der Waals surface area contributed by atoms with Crippen LogP contribution in [0.25, 0.3) is 11.1 Å². The van der Waals surface area contributed by atoms with Gasteiger partial charge in [0.2, 0.25) is 11.8 Å². The summed E-state index contributed by atoms with van der Waals surface area (Å²) in [5.41, 5.74) is 13.3. The van der Waals surface area contributed by atoms with Gasteiger partial charge < -0.3 is 35.8 Å². The van der Waals surface area contributed by atoms with Gasteiger partial charge in [0.25, 0.3) is 0 Å². The summed E-state index contributed by atoms with van der Waals surface area (Å²) in [5, 5.41) is 15.5. The first-order valence-electron chi connectivity index (χ1n) is 21.0. The Morgan fingerprint density at radius 2 is 1.49 bits per heavy atom. The van der Waals surface area contributed by atoms with Gasteiger partial charge in [-0.1, -0.05) is 85.3 Å². The van der Waals surface area contributed by atoms with Crippen LogP contribution in [0, 0.1) is 0 Å². The van der Waals surface area contributed by atoms with Crippen LogP contribution in [-0.2, 0) is 32.2 Å². The van der Waals surface area contributed by atoms with Gasteiger partial charge in [0.05, 0.1) is 30.2 Å². The third-order valence-electron chi connectivity index (χ3n) is 11.7. The Morgan fingerprint density at radius 3 is 2.26 bits per heavy atom. The van der Waals surface area contributed by atoms with E-state index in [9.17, 15) is 14.7 Å². The average molecular weight is 774 g/mol. The van der Waals surface area contributed by atoms with Gasteiger partial charge in [-0.2, -0.15) is 0 Å². The van der Waals surface area contributed by atoms with E-state index >= 15 is 0 Å². The number of ether oxygens (including phenoxy) is 2. The predicted molar refractivity (Wildman–Crippen MR) is 225 cm³/mol. The van der Waals surface area contributed by atoms with Crippen LogP contribution in [0.1, 0.15) is 98.9 Å². The third kappa shape index (κ3) is 11.5. The van der Waals surface area contributed by atoms with E-state index in [1.165, 1.54) is 38.8 Å². The van der Waals surface area contributed by atoms with Gasteiger partial charge in [-0.05, 0) is 104 Å². The molecule has 3 aliphatic heterocycles. The second-order valence-corrected chi connectivity index (χ2v) is 15.9. The Labute approximate surface area is 337 Å². The summed E-state index contributed by atoms with van der Waals surface area (Å²) in [7, 11) is 0. The zero-order chi connectivity index (χ0) is 39.4. The lowest BCUT2D eigenvalue weighted by molar-refractivity contribution is -0.253. The highest BCUT2D eigenvalue weighted by Gasteiger charge is 2.36. The van der Waals surface area contributed by atoms with Crippen molar-refractivity contribution in [3.8, 4) is 11.1 Å². The van der Waals surface area contributed by atoms with Crippen LogP contribution < -0.4 is 16.4 Å². The highest BCUT2D eigenvalue weighted by Crippen LogP contribution is 2.39. The van der Waals surface area contributed by atoms with Crippen molar-refractivity contribution in [2.24, 2.45) is 0 Å². The maximum absolute atomic E-state index is 12.6. The number of hydrogen-bond donors (Lipinski definition) is 4. The molecule has 4 aromatic rings. The molecule has 3 saturated heterocycles. The number of aliphatic hydroxyl groups excluding tert-OH is 1. The minimum Gasteiger partial charge on any atom is -0.397 e. The first-order valence-corrected chi connectivity index (χ1v) is 21.0. The molecule has 4 unspecified atom stereocenters. The number of unbranched alkanes of at least 4 members (excludes halogenated alkanes) is 2. The number of amides is 2. The van der Waals surface area contributed by atoms with Crippen LogP contribution in [0.5, 0.6) is 0 Å². The van der Waals surface area contributed by atoms with Crippen molar-refractivity contribution in [2.45, 2.75) is 102 Å². The number of rotatable bonds is 17. The van der Waals surface area contributed by atoms with E-state index in [0.29, 0.717) is 43.2 Å².